The van der Waals surface area contributed by atoms with E-state index in [4.69, 9.17) is 4.74 Å². The highest BCUT2D eigenvalue weighted by Crippen LogP contribution is 2.28. The van der Waals surface area contributed by atoms with Crippen LogP contribution in [-0.4, -0.2) is 27.3 Å². The predicted octanol–water partition coefficient (Wildman–Crippen LogP) is 3.33. The fourth-order valence-electron chi connectivity index (χ4n) is 2.21. The number of halogens is 1. The first kappa shape index (κ1) is 15.5. The molecule has 0 amide bonds. The number of rotatable bonds is 7. The summed E-state index contributed by atoms with van der Waals surface area (Å²) in [7, 11) is 3.60. The molecule has 4 heteroatoms. The molecule has 0 heterocycles. The quantitative estimate of drug-likeness (QED) is 0.791. The van der Waals surface area contributed by atoms with E-state index < -0.39 is 0 Å². The van der Waals surface area contributed by atoms with Crippen molar-refractivity contribution in [2.75, 3.05) is 32.2 Å². The molecule has 0 atom stereocenters. The maximum absolute atomic E-state index is 14.1. The van der Waals surface area contributed by atoms with E-state index in [2.05, 4.69) is 5.32 Å². The monoisotopic (exact) mass is 288 g/mol. The number of anilines is 2. The molecule has 3 nitrogen and oxygen atoms in total. The van der Waals surface area contributed by atoms with E-state index in [1.807, 2.05) is 48.3 Å². The number of nitrogens with zero attached hydrogens (tertiary/aromatic N) is 1. The summed E-state index contributed by atoms with van der Waals surface area (Å²) in [5.74, 6) is -0.194. The van der Waals surface area contributed by atoms with Crippen LogP contribution in [0.2, 0.25) is 0 Å². The SMILES string of the molecule is COCCNCc1c(F)cccc1N(C)c1ccccc1. The number of hydrogen-bond acceptors (Lipinski definition) is 3. The fourth-order valence-corrected chi connectivity index (χ4v) is 2.21. The van der Waals surface area contributed by atoms with Gasteiger partial charge in [0.15, 0.2) is 0 Å². The van der Waals surface area contributed by atoms with Crippen molar-refractivity contribution in [3.63, 3.8) is 0 Å². The van der Waals surface area contributed by atoms with Crippen LogP contribution in [0, 0.1) is 5.82 Å². The Morgan fingerprint density at radius 3 is 2.57 bits per heavy atom. The summed E-state index contributed by atoms with van der Waals surface area (Å²) >= 11 is 0. The summed E-state index contributed by atoms with van der Waals surface area (Å²) in [6.45, 7) is 1.78. The van der Waals surface area contributed by atoms with Gasteiger partial charge < -0.3 is 15.0 Å². The molecule has 0 aliphatic heterocycles. The minimum atomic E-state index is -0.194. The average molecular weight is 288 g/mol. The lowest BCUT2D eigenvalue weighted by Gasteiger charge is -2.23. The third kappa shape index (κ3) is 4.03. The zero-order chi connectivity index (χ0) is 15.1. The second-order valence-electron chi connectivity index (χ2n) is 4.80. The van der Waals surface area contributed by atoms with Crippen LogP contribution in [0.25, 0.3) is 0 Å². The van der Waals surface area contributed by atoms with Crippen LogP contribution in [0.4, 0.5) is 15.8 Å². The van der Waals surface area contributed by atoms with Gasteiger partial charge in [-0.1, -0.05) is 24.3 Å². The van der Waals surface area contributed by atoms with Gasteiger partial charge in [0.05, 0.1) is 6.61 Å². The molecule has 21 heavy (non-hydrogen) atoms. The van der Waals surface area contributed by atoms with E-state index in [0.29, 0.717) is 25.3 Å². The molecule has 1 N–H and O–H groups in total. The third-order valence-electron chi connectivity index (χ3n) is 3.38. The first-order valence-corrected chi connectivity index (χ1v) is 7.00. The zero-order valence-electron chi connectivity index (χ0n) is 12.5. The molecule has 0 unspecified atom stereocenters. The Labute approximate surface area is 125 Å². The van der Waals surface area contributed by atoms with Gasteiger partial charge in [0, 0.05) is 44.2 Å². The molecule has 0 saturated carbocycles. The van der Waals surface area contributed by atoms with Gasteiger partial charge in [-0.3, -0.25) is 0 Å². The first-order valence-electron chi connectivity index (χ1n) is 7.00. The lowest BCUT2D eigenvalue weighted by molar-refractivity contribution is 0.199. The molecule has 0 radical (unpaired) electrons. The molecular weight excluding hydrogens is 267 g/mol. The number of benzene rings is 2. The van der Waals surface area contributed by atoms with Gasteiger partial charge in [0.2, 0.25) is 0 Å². The summed E-state index contributed by atoms with van der Waals surface area (Å²) in [5.41, 5.74) is 2.56. The van der Waals surface area contributed by atoms with Crippen LogP contribution in [0.5, 0.6) is 0 Å². The van der Waals surface area contributed by atoms with Gasteiger partial charge >= 0.3 is 0 Å². The molecule has 0 bridgehead atoms. The lowest BCUT2D eigenvalue weighted by atomic mass is 10.1. The van der Waals surface area contributed by atoms with Crippen LogP contribution in [0.3, 0.4) is 0 Å². The second kappa shape index (κ2) is 7.76. The van der Waals surface area contributed by atoms with Crippen molar-refractivity contribution >= 4 is 11.4 Å². The largest absolute Gasteiger partial charge is 0.383 e. The standard InChI is InChI=1S/C17H21FN2O/c1-20(14-7-4-3-5-8-14)17-10-6-9-16(18)15(17)13-19-11-12-21-2/h3-10,19H,11-13H2,1-2H3. The molecule has 112 valence electrons. The molecule has 0 aromatic heterocycles. The van der Waals surface area contributed by atoms with Crippen molar-refractivity contribution in [1.29, 1.82) is 0 Å². The number of nitrogens with one attached hydrogen (secondary N) is 1. The van der Waals surface area contributed by atoms with Crippen LogP contribution in [0.15, 0.2) is 48.5 Å². The van der Waals surface area contributed by atoms with Crippen LogP contribution in [0.1, 0.15) is 5.56 Å². The van der Waals surface area contributed by atoms with Crippen molar-refractivity contribution in [1.82, 2.24) is 5.32 Å². The smallest absolute Gasteiger partial charge is 0.129 e. The van der Waals surface area contributed by atoms with E-state index >= 15 is 0 Å². The molecule has 0 aliphatic rings. The minimum absolute atomic E-state index is 0.194. The van der Waals surface area contributed by atoms with Gasteiger partial charge in [-0.05, 0) is 24.3 Å². The molecule has 2 aromatic carbocycles. The minimum Gasteiger partial charge on any atom is -0.383 e. The van der Waals surface area contributed by atoms with E-state index in [0.717, 1.165) is 11.4 Å². The summed E-state index contributed by atoms with van der Waals surface area (Å²) in [6.07, 6.45) is 0. The van der Waals surface area contributed by atoms with E-state index in [-0.39, 0.29) is 5.82 Å². The summed E-state index contributed by atoms with van der Waals surface area (Å²) in [6, 6.07) is 15.1. The van der Waals surface area contributed by atoms with Crippen molar-refractivity contribution in [3.05, 3.63) is 59.9 Å². The number of methoxy groups -OCH3 is 1. The highest BCUT2D eigenvalue weighted by Gasteiger charge is 2.12. The normalized spacial score (nSPS) is 10.6. The Kier molecular flexibility index (Phi) is 5.72. The molecule has 0 aliphatic carbocycles. The van der Waals surface area contributed by atoms with Crippen LogP contribution in [-0.2, 0) is 11.3 Å². The number of hydrogen-bond donors (Lipinski definition) is 1. The van der Waals surface area contributed by atoms with Gasteiger partial charge in [0.1, 0.15) is 5.82 Å². The summed E-state index contributed by atoms with van der Waals surface area (Å²) in [4.78, 5) is 2.00. The maximum atomic E-state index is 14.1. The third-order valence-corrected chi connectivity index (χ3v) is 3.38. The van der Waals surface area contributed by atoms with Crippen molar-refractivity contribution < 1.29 is 9.13 Å². The van der Waals surface area contributed by atoms with Crippen molar-refractivity contribution in [3.8, 4) is 0 Å². The van der Waals surface area contributed by atoms with Gasteiger partial charge in [0.25, 0.3) is 0 Å². The van der Waals surface area contributed by atoms with Gasteiger partial charge in [-0.25, -0.2) is 4.39 Å². The highest BCUT2D eigenvalue weighted by molar-refractivity contribution is 5.65. The van der Waals surface area contributed by atoms with E-state index in [1.165, 1.54) is 6.07 Å². The Bertz CT molecular complexity index is 560. The van der Waals surface area contributed by atoms with Gasteiger partial charge in [-0.15, -0.1) is 0 Å². The molecular formula is C17H21FN2O. The molecule has 0 spiro atoms. The van der Waals surface area contributed by atoms with Crippen molar-refractivity contribution in [2.45, 2.75) is 6.54 Å². The van der Waals surface area contributed by atoms with Crippen LogP contribution >= 0.6 is 0 Å². The number of ether oxygens (including phenoxy) is 1. The topological polar surface area (TPSA) is 24.5 Å². The summed E-state index contributed by atoms with van der Waals surface area (Å²) in [5, 5.41) is 3.20. The molecule has 2 rings (SSSR count). The predicted molar refractivity (Wildman–Crippen MR) is 84.5 cm³/mol. The fraction of sp³-hybridized carbons (Fsp3) is 0.294. The Morgan fingerprint density at radius 2 is 1.86 bits per heavy atom. The maximum Gasteiger partial charge on any atom is 0.129 e. The molecule has 0 fully saturated rings. The number of para-hydroxylation sites is 1. The summed E-state index contributed by atoms with van der Waals surface area (Å²) < 4.78 is 19.1. The van der Waals surface area contributed by atoms with Gasteiger partial charge in [-0.2, -0.15) is 0 Å². The van der Waals surface area contributed by atoms with Crippen molar-refractivity contribution in [2.24, 2.45) is 0 Å². The average Bonchev–Trinajstić information content (AvgIpc) is 2.53. The second-order valence-corrected chi connectivity index (χ2v) is 4.80. The zero-order valence-corrected chi connectivity index (χ0v) is 12.5. The van der Waals surface area contributed by atoms with E-state index in [1.54, 1.807) is 13.2 Å². The molecule has 2 aromatic rings. The van der Waals surface area contributed by atoms with Crippen LogP contribution < -0.4 is 10.2 Å². The Hall–Kier alpha value is -1.91. The highest BCUT2D eigenvalue weighted by atomic mass is 19.1. The Morgan fingerprint density at radius 1 is 1.10 bits per heavy atom. The molecule has 0 saturated heterocycles. The lowest BCUT2D eigenvalue weighted by Crippen LogP contribution is -2.21. The Balaban J connectivity index is 2.20. The van der Waals surface area contributed by atoms with E-state index in [9.17, 15) is 4.39 Å². The first-order chi connectivity index (χ1) is 10.2.